The number of carbonyl (C=O) groups excluding carboxylic acids is 2. The van der Waals surface area contributed by atoms with Crippen LogP contribution in [-0.4, -0.2) is 52.6 Å². The lowest BCUT2D eigenvalue weighted by Gasteiger charge is -2.19. The quantitative estimate of drug-likeness (QED) is 0.740. The number of hydrogen-bond acceptors (Lipinski definition) is 5. The number of nitrogens with zero attached hydrogens (tertiary/aromatic N) is 5. The van der Waals surface area contributed by atoms with Gasteiger partial charge in [0.2, 0.25) is 6.41 Å². The SMILES string of the molecule is Cc1noc(C)c1CCN(C)C(=O)c1c(N(C)C=O)ncn1C. The van der Waals surface area contributed by atoms with Gasteiger partial charge in [-0.1, -0.05) is 5.16 Å². The van der Waals surface area contributed by atoms with Crippen LogP contribution in [0.15, 0.2) is 10.9 Å². The number of aromatic nitrogens is 3. The predicted molar refractivity (Wildman–Crippen MR) is 84.3 cm³/mol. The fourth-order valence-electron chi connectivity index (χ4n) is 2.39. The lowest BCUT2D eigenvalue weighted by molar-refractivity contribution is -0.107. The second kappa shape index (κ2) is 6.64. The summed E-state index contributed by atoms with van der Waals surface area (Å²) in [5.74, 6) is 0.919. The van der Waals surface area contributed by atoms with Gasteiger partial charge < -0.3 is 18.9 Å². The van der Waals surface area contributed by atoms with Gasteiger partial charge in [-0.15, -0.1) is 0 Å². The van der Waals surface area contributed by atoms with E-state index in [1.165, 1.54) is 11.2 Å². The molecule has 0 aliphatic carbocycles. The van der Waals surface area contributed by atoms with Crippen LogP contribution in [-0.2, 0) is 18.3 Å². The average Bonchev–Trinajstić information content (AvgIpc) is 3.06. The molecule has 0 unspecified atom stereocenters. The first-order valence-corrected chi connectivity index (χ1v) is 7.23. The molecular weight excluding hydrogens is 298 g/mol. The van der Waals surface area contributed by atoms with Crippen LogP contribution in [0.2, 0.25) is 0 Å². The summed E-state index contributed by atoms with van der Waals surface area (Å²) in [6.07, 6.45) is 2.80. The molecule has 0 bridgehead atoms. The molecule has 0 fully saturated rings. The molecular formula is C15H21N5O3. The summed E-state index contributed by atoms with van der Waals surface area (Å²) in [7, 11) is 5.01. The topological polar surface area (TPSA) is 84.5 Å². The molecule has 2 heterocycles. The summed E-state index contributed by atoms with van der Waals surface area (Å²) in [6, 6.07) is 0. The average molecular weight is 319 g/mol. The monoisotopic (exact) mass is 319 g/mol. The fourth-order valence-corrected chi connectivity index (χ4v) is 2.39. The van der Waals surface area contributed by atoms with E-state index in [9.17, 15) is 9.59 Å². The number of aryl methyl sites for hydroxylation is 3. The second-order valence-corrected chi connectivity index (χ2v) is 5.52. The van der Waals surface area contributed by atoms with Gasteiger partial charge in [-0.3, -0.25) is 9.59 Å². The molecule has 2 aromatic rings. The van der Waals surface area contributed by atoms with Crippen LogP contribution >= 0.6 is 0 Å². The van der Waals surface area contributed by atoms with Crippen LogP contribution < -0.4 is 4.90 Å². The zero-order valence-corrected chi connectivity index (χ0v) is 14.0. The number of likely N-dealkylation sites (N-methyl/N-ethyl adjacent to an activating group) is 1. The van der Waals surface area contributed by atoms with Gasteiger partial charge >= 0.3 is 0 Å². The molecule has 0 saturated heterocycles. The van der Waals surface area contributed by atoms with Gasteiger partial charge in [0.25, 0.3) is 5.91 Å². The van der Waals surface area contributed by atoms with Gasteiger partial charge in [0.15, 0.2) is 11.5 Å². The van der Waals surface area contributed by atoms with Crippen molar-refractivity contribution in [3.05, 3.63) is 29.0 Å². The van der Waals surface area contributed by atoms with E-state index in [2.05, 4.69) is 10.1 Å². The molecule has 0 aliphatic rings. The third kappa shape index (κ3) is 3.25. The molecule has 0 atom stereocenters. The van der Waals surface area contributed by atoms with Crippen LogP contribution in [0.3, 0.4) is 0 Å². The highest BCUT2D eigenvalue weighted by molar-refractivity contribution is 5.99. The van der Waals surface area contributed by atoms with Crippen molar-refractivity contribution in [3.8, 4) is 0 Å². The van der Waals surface area contributed by atoms with E-state index in [0.717, 1.165) is 17.0 Å². The third-order valence-electron chi connectivity index (χ3n) is 3.84. The molecule has 23 heavy (non-hydrogen) atoms. The van der Waals surface area contributed by atoms with Crippen molar-refractivity contribution in [3.63, 3.8) is 0 Å². The predicted octanol–water partition coefficient (Wildman–Crippen LogP) is 0.932. The van der Waals surface area contributed by atoms with E-state index in [1.807, 2.05) is 13.8 Å². The van der Waals surface area contributed by atoms with Crippen LogP contribution in [0.25, 0.3) is 0 Å². The maximum atomic E-state index is 12.7. The zero-order valence-electron chi connectivity index (χ0n) is 14.0. The van der Waals surface area contributed by atoms with Crippen molar-refractivity contribution in [1.82, 2.24) is 19.6 Å². The zero-order chi connectivity index (χ0) is 17.1. The van der Waals surface area contributed by atoms with Crippen LogP contribution in [0.5, 0.6) is 0 Å². The Balaban J connectivity index is 2.14. The summed E-state index contributed by atoms with van der Waals surface area (Å²) in [5.41, 5.74) is 2.23. The Kier molecular flexibility index (Phi) is 4.83. The van der Waals surface area contributed by atoms with Gasteiger partial charge in [-0.2, -0.15) is 0 Å². The summed E-state index contributed by atoms with van der Waals surface area (Å²) < 4.78 is 6.75. The molecule has 0 N–H and O–H groups in total. The van der Waals surface area contributed by atoms with Crippen LogP contribution in [0, 0.1) is 13.8 Å². The van der Waals surface area contributed by atoms with Crippen molar-refractivity contribution in [2.24, 2.45) is 7.05 Å². The number of rotatable bonds is 6. The Labute approximate surface area is 134 Å². The first-order valence-electron chi connectivity index (χ1n) is 7.23. The van der Waals surface area contributed by atoms with Gasteiger partial charge in [0.05, 0.1) is 12.0 Å². The first kappa shape index (κ1) is 16.7. The minimum absolute atomic E-state index is 0.194. The second-order valence-electron chi connectivity index (χ2n) is 5.52. The molecule has 2 amide bonds. The largest absolute Gasteiger partial charge is 0.361 e. The molecule has 0 saturated carbocycles. The number of imidazole rings is 1. The van der Waals surface area contributed by atoms with Gasteiger partial charge in [-0.05, 0) is 20.3 Å². The lowest BCUT2D eigenvalue weighted by atomic mass is 10.1. The maximum absolute atomic E-state index is 12.7. The van der Waals surface area contributed by atoms with E-state index in [4.69, 9.17) is 4.52 Å². The Morgan fingerprint density at radius 2 is 2.09 bits per heavy atom. The standard InChI is InChI=1S/C15H21N5O3/c1-10-12(11(2)23-17-10)6-7-18(3)15(22)13-14(20(5)9-21)16-8-19(13)4/h8-9H,6-7H2,1-5H3. The van der Waals surface area contributed by atoms with Gasteiger partial charge in [0.1, 0.15) is 5.76 Å². The molecule has 2 aromatic heterocycles. The molecule has 0 aromatic carbocycles. The summed E-state index contributed by atoms with van der Waals surface area (Å²) in [4.78, 5) is 30.6. The molecule has 2 rings (SSSR count). The van der Waals surface area contributed by atoms with Crippen molar-refractivity contribution >= 4 is 18.1 Å². The summed E-state index contributed by atoms with van der Waals surface area (Å²) in [6.45, 7) is 4.25. The minimum atomic E-state index is -0.194. The Morgan fingerprint density at radius 3 is 2.65 bits per heavy atom. The highest BCUT2D eigenvalue weighted by Crippen LogP contribution is 2.18. The maximum Gasteiger partial charge on any atom is 0.274 e. The number of carbonyl (C=O) groups is 2. The highest BCUT2D eigenvalue weighted by atomic mass is 16.5. The van der Waals surface area contributed by atoms with Crippen LogP contribution in [0.4, 0.5) is 5.82 Å². The first-order chi connectivity index (χ1) is 10.9. The summed E-state index contributed by atoms with van der Waals surface area (Å²) in [5, 5.41) is 3.91. The van der Waals surface area contributed by atoms with Crippen molar-refractivity contribution in [1.29, 1.82) is 0 Å². The summed E-state index contributed by atoms with van der Waals surface area (Å²) >= 11 is 0. The molecule has 0 aliphatic heterocycles. The molecule has 0 spiro atoms. The van der Waals surface area contributed by atoms with Crippen molar-refractivity contribution in [2.75, 3.05) is 25.5 Å². The minimum Gasteiger partial charge on any atom is -0.361 e. The normalized spacial score (nSPS) is 10.7. The molecule has 8 nitrogen and oxygen atoms in total. The van der Waals surface area contributed by atoms with Crippen molar-refractivity contribution < 1.29 is 14.1 Å². The Hall–Kier alpha value is -2.64. The van der Waals surface area contributed by atoms with E-state index in [-0.39, 0.29) is 5.91 Å². The number of anilines is 1. The third-order valence-corrected chi connectivity index (χ3v) is 3.84. The van der Waals surface area contributed by atoms with Gasteiger partial charge in [0, 0.05) is 33.3 Å². The van der Waals surface area contributed by atoms with Crippen molar-refractivity contribution in [2.45, 2.75) is 20.3 Å². The number of amides is 2. The highest BCUT2D eigenvalue weighted by Gasteiger charge is 2.23. The number of hydrogen-bond donors (Lipinski definition) is 0. The van der Waals surface area contributed by atoms with E-state index in [0.29, 0.717) is 30.9 Å². The Morgan fingerprint density at radius 1 is 1.39 bits per heavy atom. The van der Waals surface area contributed by atoms with Gasteiger partial charge in [-0.25, -0.2) is 4.98 Å². The van der Waals surface area contributed by atoms with E-state index in [1.54, 1.807) is 30.6 Å². The van der Waals surface area contributed by atoms with E-state index < -0.39 is 0 Å². The fraction of sp³-hybridized carbons (Fsp3) is 0.467. The molecule has 0 radical (unpaired) electrons. The Bertz CT molecular complexity index is 699. The molecule has 124 valence electrons. The molecule has 8 heteroatoms. The smallest absolute Gasteiger partial charge is 0.274 e. The lowest BCUT2D eigenvalue weighted by Crippen LogP contribution is -2.32. The van der Waals surface area contributed by atoms with Crippen LogP contribution in [0.1, 0.15) is 27.5 Å². The van der Waals surface area contributed by atoms with E-state index >= 15 is 0 Å².